The molecular weight excluding hydrogens is 250 g/mol. The fourth-order valence-electron chi connectivity index (χ4n) is 2.90. The van der Waals surface area contributed by atoms with E-state index in [-0.39, 0.29) is 11.7 Å². The molecule has 3 nitrogen and oxygen atoms in total. The lowest BCUT2D eigenvalue weighted by Gasteiger charge is -2.20. The van der Waals surface area contributed by atoms with Gasteiger partial charge in [0.25, 0.3) is 0 Å². The van der Waals surface area contributed by atoms with Crippen LogP contribution in [0.15, 0.2) is 24.3 Å². The van der Waals surface area contributed by atoms with Gasteiger partial charge in [-0.15, -0.1) is 0 Å². The summed E-state index contributed by atoms with van der Waals surface area (Å²) in [6, 6.07) is 7.17. The number of nitrogens with one attached hydrogen (secondary N) is 1. The maximum atomic E-state index is 12.1. The second-order valence-electron chi connectivity index (χ2n) is 5.72. The average molecular weight is 273 g/mol. The zero-order valence-electron chi connectivity index (χ0n) is 12.2. The third-order valence-electron chi connectivity index (χ3n) is 4.03. The van der Waals surface area contributed by atoms with Crippen molar-refractivity contribution in [3.63, 3.8) is 0 Å². The Hall–Kier alpha value is -1.64. The van der Waals surface area contributed by atoms with Gasteiger partial charge >= 0.3 is 0 Å². The topological polar surface area (TPSA) is 46.2 Å². The Labute approximate surface area is 120 Å². The highest BCUT2D eigenvalue weighted by molar-refractivity contribution is 5.97. The Balaban J connectivity index is 1.83. The minimum absolute atomic E-state index is 0.0959. The lowest BCUT2D eigenvalue weighted by Crippen LogP contribution is -2.09. The van der Waals surface area contributed by atoms with Crippen molar-refractivity contribution in [2.24, 2.45) is 5.92 Å². The van der Waals surface area contributed by atoms with Crippen LogP contribution in [-0.4, -0.2) is 11.7 Å². The van der Waals surface area contributed by atoms with Crippen LogP contribution in [0.4, 0.5) is 5.69 Å². The van der Waals surface area contributed by atoms with Gasteiger partial charge in [0.1, 0.15) is 0 Å². The van der Waals surface area contributed by atoms with Crippen LogP contribution in [0.25, 0.3) is 0 Å². The summed E-state index contributed by atoms with van der Waals surface area (Å²) in [6.07, 6.45) is 8.24. The molecule has 0 aromatic heterocycles. The van der Waals surface area contributed by atoms with E-state index in [4.69, 9.17) is 0 Å². The predicted octanol–water partition coefficient (Wildman–Crippen LogP) is 4.19. The summed E-state index contributed by atoms with van der Waals surface area (Å²) in [7, 11) is 0. The van der Waals surface area contributed by atoms with Crippen molar-refractivity contribution in [3.05, 3.63) is 29.8 Å². The molecule has 20 heavy (non-hydrogen) atoms. The van der Waals surface area contributed by atoms with Crippen molar-refractivity contribution >= 4 is 17.4 Å². The minimum Gasteiger partial charge on any atom is -0.326 e. The van der Waals surface area contributed by atoms with Gasteiger partial charge in [0.05, 0.1) is 0 Å². The zero-order valence-corrected chi connectivity index (χ0v) is 12.2. The molecule has 0 saturated heterocycles. The Morgan fingerprint density at radius 3 is 2.35 bits per heavy atom. The molecule has 108 valence electrons. The summed E-state index contributed by atoms with van der Waals surface area (Å²) in [4.78, 5) is 23.1. The summed E-state index contributed by atoms with van der Waals surface area (Å²) in [5.41, 5.74) is 1.48. The van der Waals surface area contributed by atoms with Gasteiger partial charge in [-0.05, 0) is 36.6 Å². The second-order valence-corrected chi connectivity index (χ2v) is 5.72. The number of rotatable bonds is 5. The van der Waals surface area contributed by atoms with Crippen LogP contribution in [0.2, 0.25) is 0 Å². The number of ketones is 1. The normalized spacial score (nSPS) is 15.8. The van der Waals surface area contributed by atoms with E-state index in [0.717, 1.165) is 23.6 Å². The van der Waals surface area contributed by atoms with E-state index >= 15 is 0 Å². The third-order valence-corrected chi connectivity index (χ3v) is 4.03. The number of carbonyl (C=O) groups excluding carboxylic acids is 2. The molecule has 1 amide bonds. The molecule has 0 spiro atoms. The Morgan fingerprint density at radius 1 is 1.10 bits per heavy atom. The molecule has 1 N–H and O–H groups in total. The Bertz CT molecular complexity index is 458. The molecule has 1 aromatic rings. The standard InChI is InChI=1S/C17H23NO2/c1-13(19)18-16-10-8-15(9-11-16)17(20)12-7-14-5-3-2-4-6-14/h8-11,14H,2-7,12H2,1H3,(H,18,19). The lowest BCUT2D eigenvalue weighted by molar-refractivity contribution is -0.114. The molecule has 0 bridgehead atoms. The van der Waals surface area contributed by atoms with Gasteiger partial charge < -0.3 is 5.32 Å². The summed E-state index contributed by atoms with van der Waals surface area (Å²) in [6.45, 7) is 1.48. The smallest absolute Gasteiger partial charge is 0.221 e. The highest BCUT2D eigenvalue weighted by atomic mass is 16.1. The maximum absolute atomic E-state index is 12.1. The first-order valence-electron chi connectivity index (χ1n) is 7.56. The fourth-order valence-corrected chi connectivity index (χ4v) is 2.90. The van der Waals surface area contributed by atoms with E-state index < -0.39 is 0 Å². The SMILES string of the molecule is CC(=O)Nc1ccc(C(=O)CCC2CCCCC2)cc1. The van der Waals surface area contributed by atoms with E-state index in [2.05, 4.69) is 5.32 Å². The molecule has 3 heteroatoms. The molecule has 1 saturated carbocycles. The van der Waals surface area contributed by atoms with Crippen LogP contribution in [0.3, 0.4) is 0 Å². The van der Waals surface area contributed by atoms with Gasteiger partial charge in [0.15, 0.2) is 5.78 Å². The van der Waals surface area contributed by atoms with Crippen molar-refractivity contribution < 1.29 is 9.59 Å². The predicted molar refractivity (Wildman–Crippen MR) is 80.9 cm³/mol. The molecule has 0 radical (unpaired) electrons. The summed E-state index contributed by atoms with van der Waals surface area (Å²) in [5, 5.41) is 2.70. The molecule has 0 atom stereocenters. The molecular formula is C17H23NO2. The number of amides is 1. The number of hydrogen-bond acceptors (Lipinski definition) is 2. The van der Waals surface area contributed by atoms with E-state index in [1.165, 1.54) is 39.0 Å². The molecule has 1 fully saturated rings. The van der Waals surface area contributed by atoms with Gasteiger partial charge in [-0.3, -0.25) is 9.59 Å². The van der Waals surface area contributed by atoms with Crippen LogP contribution < -0.4 is 5.32 Å². The highest BCUT2D eigenvalue weighted by Gasteiger charge is 2.15. The summed E-state index contributed by atoms with van der Waals surface area (Å²) < 4.78 is 0. The van der Waals surface area contributed by atoms with Crippen LogP contribution in [-0.2, 0) is 4.79 Å². The molecule has 0 aliphatic heterocycles. The van der Waals surface area contributed by atoms with E-state index in [0.29, 0.717) is 6.42 Å². The van der Waals surface area contributed by atoms with E-state index in [9.17, 15) is 9.59 Å². The lowest BCUT2D eigenvalue weighted by atomic mass is 9.85. The molecule has 0 heterocycles. The average Bonchev–Trinajstić information content (AvgIpc) is 2.46. The molecule has 0 unspecified atom stereocenters. The van der Waals surface area contributed by atoms with E-state index in [1.807, 2.05) is 0 Å². The second kappa shape index (κ2) is 7.22. The summed E-state index contributed by atoms with van der Waals surface area (Å²) in [5.74, 6) is 0.859. The maximum Gasteiger partial charge on any atom is 0.221 e. The van der Waals surface area contributed by atoms with E-state index in [1.54, 1.807) is 24.3 Å². The van der Waals surface area contributed by atoms with Crippen LogP contribution in [0.1, 0.15) is 62.2 Å². The van der Waals surface area contributed by atoms with Crippen LogP contribution in [0.5, 0.6) is 0 Å². The first-order chi connectivity index (χ1) is 9.65. The fraction of sp³-hybridized carbons (Fsp3) is 0.529. The largest absolute Gasteiger partial charge is 0.326 e. The van der Waals surface area contributed by atoms with Crippen molar-refractivity contribution in [3.8, 4) is 0 Å². The number of hydrogen-bond donors (Lipinski definition) is 1. The van der Waals surface area contributed by atoms with Crippen molar-refractivity contribution in [1.29, 1.82) is 0 Å². The van der Waals surface area contributed by atoms with Gasteiger partial charge in [-0.1, -0.05) is 32.1 Å². The Morgan fingerprint density at radius 2 is 1.75 bits per heavy atom. The van der Waals surface area contributed by atoms with Gasteiger partial charge in [0.2, 0.25) is 5.91 Å². The van der Waals surface area contributed by atoms with Crippen LogP contribution >= 0.6 is 0 Å². The summed E-state index contributed by atoms with van der Waals surface area (Å²) >= 11 is 0. The van der Waals surface area contributed by atoms with Crippen molar-refractivity contribution in [2.75, 3.05) is 5.32 Å². The molecule has 2 rings (SSSR count). The van der Waals surface area contributed by atoms with Gasteiger partial charge in [0, 0.05) is 24.6 Å². The number of carbonyl (C=O) groups is 2. The highest BCUT2D eigenvalue weighted by Crippen LogP contribution is 2.27. The molecule has 1 aromatic carbocycles. The first kappa shape index (κ1) is 14.8. The van der Waals surface area contributed by atoms with Gasteiger partial charge in [-0.2, -0.15) is 0 Å². The Kier molecular flexibility index (Phi) is 5.33. The number of benzene rings is 1. The monoisotopic (exact) mass is 273 g/mol. The van der Waals surface area contributed by atoms with Crippen molar-refractivity contribution in [2.45, 2.75) is 51.9 Å². The molecule has 1 aliphatic carbocycles. The third kappa shape index (κ3) is 4.48. The molecule has 1 aliphatic rings. The van der Waals surface area contributed by atoms with Crippen LogP contribution in [0, 0.1) is 5.92 Å². The zero-order chi connectivity index (χ0) is 14.4. The van der Waals surface area contributed by atoms with Gasteiger partial charge in [-0.25, -0.2) is 0 Å². The quantitative estimate of drug-likeness (QED) is 0.818. The minimum atomic E-state index is -0.0959. The van der Waals surface area contributed by atoms with Crippen molar-refractivity contribution in [1.82, 2.24) is 0 Å². The first-order valence-corrected chi connectivity index (χ1v) is 7.56. The number of Topliss-reactive ketones (excluding diaryl/α,β-unsaturated/α-hetero) is 1. The number of anilines is 1.